The number of allylic oxidation sites excluding steroid dienone is 4. The normalized spacial score (nSPS) is 13.9. The van der Waals surface area contributed by atoms with Crippen molar-refractivity contribution in [3.63, 3.8) is 0 Å². The van der Waals surface area contributed by atoms with E-state index in [0.717, 1.165) is 31.4 Å². The molecule has 0 fully saturated rings. The van der Waals surface area contributed by atoms with Gasteiger partial charge >= 0.3 is 89.6 Å². The van der Waals surface area contributed by atoms with Crippen LogP contribution in [0.2, 0.25) is 13.1 Å². The molecule has 0 saturated carbocycles. The van der Waals surface area contributed by atoms with Crippen LogP contribution in [0.25, 0.3) is 0 Å². The van der Waals surface area contributed by atoms with Gasteiger partial charge in [0.15, 0.2) is 0 Å². The number of carbonyl (C=O) groups excluding carboxylic acids is 1. The Kier molecular flexibility index (Phi) is 8.51. The van der Waals surface area contributed by atoms with Gasteiger partial charge in [0, 0.05) is 0 Å². The predicted octanol–water partition coefficient (Wildman–Crippen LogP) is -4.12. The van der Waals surface area contributed by atoms with Crippen LogP contribution in [0.15, 0.2) is 23.4 Å². The number of rotatable bonds is 2. The van der Waals surface area contributed by atoms with Crippen molar-refractivity contribution in [2.75, 3.05) is 0 Å². The third-order valence-corrected chi connectivity index (χ3v) is 6.66. The largest absolute Gasteiger partial charge is 1.00 e. The number of carbonyl (C=O) groups is 1. The first-order valence-corrected chi connectivity index (χ1v) is 8.15. The molecule has 0 saturated heterocycles. The molecule has 0 spiro atoms. The molecule has 1 rings (SSSR count). The molecular formula is C8H12Cl2NOSiZr. The van der Waals surface area contributed by atoms with Crippen LogP contribution in [0, 0.1) is 0 Å². The van der Waals surface area contributed by atoms with E-state index in [2.05, 4.69) is 28.5 Å². The van der Waals surface area contributed by atoms with Gasteiger partial charge in [-0.05, 0) is 0 Å². The smallest absolute Gasteiger partial charge is 1.00 e. The van der Waals surface area contributed by atoms with Gasteiger partial charge in [0.2, 0.25) is 0 Å². The van der Waals surface area contributed by atoms with Gasteiger partial charge in [0.1, 0.15) is 0 Å². The van der Waals surface area contributed by atoms with Gasteiger partial charge in [-0.25, -0.2) is 0 Å². The van der Waals surface area contributed by atoms with Gasteiger partial charge in [-0.3, -0.25) is 0 Å². The summed E-state index contributed by atoms with van der Waals surface area (Å²) in [6.45, 7) is 4.20. The van der Waals surface area contributed by atoms with E-state index in [9.17, 15) is 4.79 Å². The van der Waals surface area contributed by atoms with Crippen LogP contribution in [-0.2, 0) is 25.0 Å². The molecule has 0 aliphatic heterocycles. The Balaban J connectivity index is 0. The van der Waals surface area contributed by atoms with Crippen LogP contribution in [0.3, 0.4) is 0 Å². The maximum absolute atomic E-state index is 11.5. The van der Waals surface area contributed by atoms with E-state index >= 15 is 0 Å². The molecule has 77 valence electrons. The van der Waals surface area contributed by atoms with E-state index in [1.807, 2.05) is 6.08 Å². The molecular weight excluding hydrogens is 316 g/mol. The van der Waals surface area contributed by atoms with Crippen molar-refractivity contribution in [2.45, 2.75) is 19.5 Å². The SMILES string of the molecule is C[Si](C)(C(=O)[NH][Zr+2])C1=CC=CC1.[Cl-].[Cl-]. The van der Waals surface area contributed by atoms with Crippen molar-refractivity contribution in [1.29, 1.82) is 0 Å². The Morgan fingerprint density at radius 3 is 2.43 bits per heavy atom. The first-order chi connectivity index (χ1) is 5.59. The van der Waals surface area contributed by atoms with Crippen LogP contribution < -0.4 is 28.1 Å². The molecule has 0 aromatic heterocycles. The molecule has 1 N–H and O–H groups in total. The summed E-state index contributed by atoms with van der Waals surface area (Å²) in [7, 11) is -1.80. The molecule has 1 amide bonds. The van der Waals surface area contributed by atoms with Gasteiger partial charge in [0.25, 0.3) is 0 Å². The molecule has 0 aromatic carbocycles. The first kappa shape index (κ1) is 17.0. The minimum atomic E-state index is -1.80. The van der Waals surface area contributed by atoms with Crippen LogP contribution in [0.1, 0.15) is 6.42 Å². The van der Waals surface area contributed by atoms with E-state index < -0.39 is 8.07 Å². The second kappa shape index (κ2) is 7.00. The number of hydrogen-bond acceptors (Lipinski definition) is 1. The Labute approximate surface area is 114 Å². The average molecular weight is 328 g/mol. The predicted molar refractivity (Wildman–Crippen MR) is 47.9 cm³/mol. The van der Waals surface area contributed by atoms with Crippen molar-refractivity contribution < 1.29 is 54.6 Å². The molecule has 0 unspecified atom stereocenters. The van der Waals surface area contributed by atoms with Gasteiger partial charge in [-0.1, -0.05) is 0 Å². The van der Waals surface area contributed by atoms with Gasteiger partial charge < -0.3 is 24.8 Å². The minimum absolute atomic E-state index is 0. The van der Waals surface area contributed by atoms with Crippen molar-refractivity contribution in [2.24, 2.45) is 0 Å². The molecule has 0 bridgehead atoms. The summed E-state index contributed by atoms with van der Waals surface area (Å²) >= 11 is 1.10. The standard InChI is InChI=1S/C8H13NOSi.2ClH.Zr/c1-11(2,8(9)10)7-5-3-4-6-7;;;/h3-5H,6H2,1-2H3,(H2,9,10);2*1H;/q;;;+3/p-3. The summed E-state index contributed by atoms with van der Waals surface area (Å²) in [5, 5.41) is 1.34. The van der Waals surface area contributed by atoms with Crippen molar-refractivity contribution in [3.8, 4) is 0 Å². The maximum atomic E-state index is 11.5. The van der Waals surface area contributed by atoms with E-state index in [4.69, 9.17) is 0 Å². The summed E-state index contributed by atoms with van der Waals surface area (Å²) in [4.78, 5) is 11.5. The zero-order chi connectivity index (χ0) is 9.19. The van der Waals surface area contributed by atoms with Crippen molar-refractivity contribution in [3.05, 3.63) is 23.4 Å². The van der Waals surface area contributed by atoms with Crippen molar-refractivity contribution >= 4 is 13.6 Å². The minimum Gasteiger partial charge on any atom is -1.00 e. The number of amides is 1. The Bertz CT molecular complexity index is 266. The number of hydrogen-bond donors (Lipinski definition) is 1. The van der Waals surface area contributed by atoms with Crippen LogP contribution in [-0.4, -0.2) is 13.6 Å². The molecule has 1 aliphatic carbocycles. The molecule has 0 radical (unpaired) electrons. The Hall–Kier alpha value is 0.630. The molecule has 0 heterocycles. The first-order valence-electron chi connectivity index (χ1n) is 3.92. The molecule has 14 heavy (non-hydrogen) atoms. The second-order valence-electron chi connectivity index (χ2n) is 3.40. The fraction of sp³-hybridized carbons (Fsp3) is 0.375. The van der Waals surface area contributed by atoms with E-state index in [0.29, 0.717) is 0 Å². The molecule has 6 heteroatoms. The zero-order valence-electron chi connectivity index (χ0n) is 8.10. The Morgan fingerprint density at radius 1 is 1.50 bits per heavy atom. The zero-order valence-corrected chi connectivity index (χ0v) is 13.1. The number of nitrogens with one attached hydrogen (secondary N) is 1. The average Bonchev–Trinajstić information content (AvgIpc) is 2.55. The number of halogens is 2. The van der Waals surface area contributed by atoms with Gasteiger partial charge in [0.05, 0.1) is 0 Å². The van der Waals surface area contributed by atoms with Crippen LogP contribution >= 0.6 is 0 Å². The van der Waals surface area contributed by atoms with Gasteiger partial charge in [-0.2, -0.15) is 0 Å². The maximum Gasteiger partial charge on any atom is -1.00 e. The van der Waals surface area contributed by atoms with Gasteiger partial charge in [-0.15, -0.1) is 0 Å². The summed E-state index contributed by atoms with van der Waals surface area (Å²) in [5.41, 5.74) is 0.260. The fourth-order valence-electron chi connectivity index (χ4n) is 1.21. The second-order valence-corrected chi connectivity index (χ2v) is 8.36. The Morgan fingerprint density at radius 2 is 2.07 bits per heavy atom. The van der Waals surface area contributed by atoms with E-state index in [1.165, 1.54) is 5.20 Å². The van der Waals surface area contributed by atoms with Crippen LogP contribution in [0.5, 0.6) is 0 Å². The molecule has 2 nitrogen and oxygen atoms in total. The molecule has 0 aromatic rings. The van der Waals surface area contributed by atoms with Crippen LogP contribution in [0.4, 0.5) is 4.79 Å². The van der Waals surface area contributed by atoms with E-state index in [-0.39, 0.29) is 30.3 Å². The summed E-state index contributed by atoms with van der Waals surface area (Å²) < 4.78 is 2.83. The molecule has 0 atom stereocenters. The van der Waals surface area contributed by atoms with E-state index in [1.54, 1.807) is 0 Å². The fourth-order valence-corrected chi connectivity index (χ4v) is 5.26. The summed E-state index contributed by atoms with van der Waals surface area (Å²) in [5.74, 6) is 0. The summed E-state index contributed by atoms with van der Waals surface area (Å²) in [6, 6.07) is 0. The third-order valence-electron chi connectivity index (χ3n) is 2.26. The summed E-state index contributed by atoms with van der Waals surface area (Å²) in [6.07, 6.45) is 7.22. The van der Waals surface area contributed by atoms with Crippen molar-refractivity contribution in [1.82, 2.24) is 3.26 Å². The topological polar surface area (TPSA) is 29.1 Å². The quantitative estimate of drug-likeness (QED) is 0.513. The third kappa shape index (κ3) is 3.65. The monoisotopic (exact) mass is 326 g/mol. The molecule has 1 aliphatic rings.